The van der Waals surface area contributed by atoms with E-state index in [-0.39, 0.29) is 5.82 Å². The topological polar surface area (TPSA) is 42.1 Å². The van der Waals surface area contributed by atoms with Crippen LogP contribution in [0.3, 0.4) is 0 Å². The Hall–Kier alpha value is -2.10. The predicted molar refractivity (Wildman–Crippen MR) is 72.5 cm³/mol. The van der Waals surface area contributed by atoms with Gasteiger partial charge in [-0.15, -0.1) is 0 Å². The van der Waals surface area contributed by atoms with E-state index in [1.54, 1.807) is 18.3 Å². The highest BCUT2D eigenvalue weighted by Gasteiger charge is 2.09. The van der Waals surface area contributed by atoms with Gasteiger partial charge in [0, 0.05) is 30.2 Å². The van der Waals surface area contributed by atoms with E-state index in [1.807, 2.05) is 24.8 Å². The highest BCUT2D eigenvalue weighted by Crippen LogP contribution is 2.25. The van der Waals surface area contributed by atoms with Crippen LogP contribution in [0.5, 0.6) is 0 Å². The zero-order valence-corrected chi connectivity index (χ0v) is 10.5. The van der Waals surface area contributed by atoms with Gasteiger partial charge in [-0.1, -0.05) is 0 Å². The summed E-state index contributed by atoms with van der Waals surface area (Å²) in [4.78, 5) is 6.34. The number of benzene rings is 1. The fourth-order valence-corrected chi connectivity index (χ4v) is 1.77. The Morgan fingerprint density at radius 2 is 1.94 bits per heavy atom. The highest BCUT2D eigenvalue weighted by molar-refractivity contribution is 5.64. The third-order valence-electron chi connectivity index (χ3n) is 2.86. The highest BCUT2D eigenvalue weighted by atomic mass is 19.1. The van der Waals surface area contributed by atoms with E-state index in [9.17, 15) is 4.39 Å². The lowest BCUT2D eigenvalue weighted by molar-refractivity contribution is 0.628. The number of hydrogen-bond donors (Lipinski definition) is 1. The van der Waals surface area contributed by atoms with E-state index in [1.165, 1.54) is 12.1 Å². The molecular formula is C14H16FN3. The predicted octanol–water partition coefficient (Wildman–Crippen LogP) is 3.27. The van der Waals surface area contributed by atoms with E-state index in [0.29, 0.717) is 5.69 Å². The molecule has 1 aromatic carbocycles. The van der Waals surface area contributed by atoms with Crippen LogP contribution < -0.4 is 10.6 Å². The van der Waals surface area contributed by atoms with Crippen molar-refractivity contribution in [3.63, 3.8) is 0 Å². The summed E-state index contributed by atoms with van der Waals surface area (Å²) in [5.41, 5.74) is 8.45. The van der Waals surface area contributed by atoms with Crippen LogP contribution in [0.15, 0.2) is 36.5 Å². The van der Waals surface area contributed by atoms with E-state index in [0.717, 1.165) is 23.6 Å². The van der Waals surface area contributed by atoms with E-state index >= 15 is 0 Å². The summed E-state index contributed by atoms with van der Waals surface area (Å²) in [5.74, 6) is 0.526. The largest absolute Gasteiger partial charge is 0.398 e. The molecule has 0 aliphatic rings. The number of pyridine rings is 1. The minimum Gasteiger partial charge on any atom is -0.398 e. The normalized spacial score (nSPS) is 10.4. The molecule has 1 heterocycles. The summed E-state index contributed by atoms with van der Waals surface area (Å²) in [6, 6.07) is 8.18. The summed E-state index contributed by atoms with van der Waals surface area (Å²) in [5, 5.41) is 0. The van der Waals surface area contributed by atoms with Crippen molar-refractivity contribution in [3.05, 3.63) is 47.9 Å². The van der Waals surface area contributed by atoms with Crippen LogP contribution in [0, 0.1) is 12.7 Å². The summed E-state index contributed by atoms with van der Waals surface area (Å²) < 4.78 is 12.9. The molecule has 2 rings (SSSR count). The van der Waals surface area contributed by atoms with Crippen molar-refractivity contribution < 1.29 is 4.39 Å². The fraction of sp³-hybridized carbons (Fsp3) is 0.214. The van der Waals surface area contributed by atoms with E-state index in [4.69, 9.17) is 5.73 Å². The van der Waals surface area contributed by atoms with Crippen molar-refractivity contribution in [2.24, 2.45) is 0 Å². The Balaban J connectivity index is 2.38. The molecule has 4 heteroatoms. The number of nitrogen functional groups attached to an aromatic ring is 1. The lowest BCUT2D eigenvalue weighted by Crippen LogP contribution is -2.17. The average molecular weight is 245 g/mol. The number of hydrogen-bond acceptors (Lipinski definition) is 3. The minimum absolute atomic E-state index is 0.244. The second-order valence-electron chi connectivity index (χ2n) is 4.12. The number of nitrogens with two attached hydrogens (primary N) is 1. The zero-order chi connectivity index (χ0) is 13.1. The van der Waals surface area contributed by atoms with Crippen molar-refractivity contribution in [2.45, 2.75) is 13.8 Å². The molecule has 0 saturated heterocycles. The molecule has 0 unspecified atom stereocenters. The van der Waals surface area contributed by atoms with Crippen molar-refractivity contribution in [3.8, 4) is 0 Å². The van der Waals surface area contributed by atoms with Gasteiger partial charge < -0.3 is 10.6 Å². The van der Waals surface area contributed by atoms with Gasteiger partial charge in [0.25, 0.3) is 0 Å². The van der Waals surface area contributed by atoms with Crippen LogP contribution in [-0.4, -0.2) is 11.5 Å². The first-order valence-electron chi connectivity index (χ1n) is 5.87. The molecule has 0 radical (unpaired) electrons. The van der Waals surface area contributed by atoms with Crippen molar-refractivity contribution in [2.75, 3.05) is 17.2 Å². The molecule has 0 fully saturated rings. The Morgan fingerprint density at radius 3 is 2.50 bits per heavy atom. The first-order valence-corrected chi connectivity index (χ1v) is 5.87. The third kappa shape index (κ3) is 2.42. The Morgan fingerprint density at radius 1 is 1.28 bits per heavy atom. The Bertz CT molecular complexity index is 537. The van der Waals surface area contributed by atoms with Crippen LogP contribution in [0.1, 0.15) is 12.5 Å². The molecule has 94 valence electrons. The molecule has 18 heavy (non-hydrogen) atoms. The molecule has 0 aliphatic carbocycles. The summed E-state index contributed by atoms with van der Waals surface area (Å²) in [6.07, 6.45) is 1.75. The van der Waals surface area contributed by atoms with Crippen molar-refractivity contribution >= 4 is 17.2 Å². The molecule has 0 saturated carbocycles. The maximum atomic E-state index is 12.9. The van der Waals surface area contributed by atoms with Gasteiger partial charge in [0.05, 0.1) is 0 Å². The lowest BCUT2D eigenvalue weighted by Gasteiger charge is -2.22. The van der Waals surface area contributed by atoms with Gasteiger partial charge in [-0.2, -0.15) is 0 Å². The van der Waals surface area contributed by atoms with Crippen LogP contribution in [0.25, 0.3) is 0 Å². The third-order valence-corrected chi connectivity index (χ3v) is 2.86. The second-order valence-corrected chi connectivity index (χ2v) is 4.12. The van der Waals surface area contributed by atoms with Crippen LogP contribution in [-0.2, 0) is 0 Å². The minimum atomic E-state index is -0.244. The quantitative estimate of drug-likeness (QED) is 0.902. The molecule has 0 spiro atoms. The maximum absolute atomic E-state index is 12.9. The van der Waals surface area contributed by atoms with Crippen LogP contribution in [0.4, 0.5) is 21.6 Å². The van der Waals surface area contributed by atoms with Gasteiger partial charge in [-0.05, 0) is 43.7 Å². The molecule has 0 atom stereocenters. The lowest BCUT2D eigenvalue weighted by atomic mass is 10.2. The van der Waals surface area contributed by atoms with Crippen LogP contribution in [0.2, 0.25) is 0 Å². The zero-order valence-electron chi connectivity index (χ0n) is 10.5. The smallest absolute Gasteiger partial charge is 0.134 e. The SMILES string of the molecule is CCN(c1ccc(F)cc1)c1cc(N)c(C)cn1. The molecule has 0 aliphatic heterocycles. The molecule has 2 N–H and O–H groups in total. The summed E-state index contributed by atoms with van der Waals surface area (Å²) >= 11 is 0. The van der Waals surface area contributed by atoms with Gasteiger partial charge in [0.15, 0.2) is 0 Å². The van der Waals surface area contributed by atoms with E-state index in [2.05, 4.69) is 4.98 Å². The Labute approximate surface area is 106 Å². The first kappa shape index (κ1) is 12.4. The second kappa shape index (κ2) is 5.04. The maximum Gasteiger partial charge on any atom is 0.134 e. The van der Waals surface area contributed by atoms with Crippen LogP contribution >= 0.6 is 0 Å². The molecular weight excluding hydrogens is 229 g/mol. The van der Waals surface area contributed by atoms with Crippen molar-refractivity contribution in [1.82, 2.24) is 4.98 Å². The van der Waals surface area contributed by atoms with Crippen molar-refractivity contribution in [1.29, 1.82) is 0 Å². The number of aromatic nitrogens is 1. The van der Waals surface area contributed by atoms with E-state index < -0.39 is 0 Å². The number of rotatable bonds is 3. The molecule has 3 nitrogen and oxygen atoms in total. The number of nitrogens with zero attached hydrogens (tertiary/aromatic N) is 2. The molecule has 0 amide bonds. The molecule has 2 aromatic rings. The molecule has 0 bridgehead atoms. The molecule has 1 aromatic heterocycles. The number of halogens is 1. The van der Waals surface area contributed by atoms with Gasteiger partial charge in [0.1, 0.15) is 11.6 Å². The average Bonchev–Trinajstić information content (AvgIpc) is 2.37. The number of anilines is 3. The fourth-order valence-electron chi connectivity index (χ4n) is 1.77. The summed E-state index contributed by atoms with van der Waals surface area (Å²) in [6.45, 7) is 4.67. The summed E-state index contributed by atoms with van der Waals surface area (Å²) in [7, 11) is 0. The Kier molecular flexibility index (Phi) is 3.46. The van der Waals surface area contributed by atoms with Gasteiger partial charge >= 0.3 is 0 Å². The van der Waals surface area contributed by atoms with Gasteiger partial charge in [0.2, 0.25) is 0 Å². The standard InChI is InChI=1S/C14H16FN3/c1-3-18(12-6-4-11(15)5-7-12)14-8-13(16)10(2)9-17-14/h4-9H,3H2,1-2H3,(H2,16,17). The monoisotopic (exact) mass is 245 g/mol. The number of aryl methyl sites for hydroxylation is 1. The van der Waals surface area contributed by atoms with Gasteiger partial charge in [-0.3, -0.25) is 0 Å². The first-order chi connectivity index (χ1) is 8.61. The van der Waals surface area contributed by atoms with Gasteiger partial charge in [-0.25, -0.2) is 9.37 Å².